The molecule has 352 valence electrons. The fraction of sp³-hybridized carbons (Fsp3) is 0.415. The largest absolute Gasteiger partial charge is 0.468 e. The van der Waals surface area contributed by atoms with E-state index < -0.39 is 0 Å². The van der Waals surface area contributed by atoms with Gasteiger partial charge in [-0.2, -0.15) is 0 Å². The zero-order chi connectivity index (χ0) is 48.7. The van der Waals surface area contributed by atoms with Crippen molar-refractivity contribution in [2.45, 2.75) is 175 Å². The van der Waals surface area contributed by atoms with Crippen molar-refractivity contribution in [3.8, 4) is 11.1 Å². The van der Waals surface area contributed by atoms with Gasteiger partial charge in [0.15, 0.2) is 0 Å². The van der Waals surface area contributed by atoms with Crippen LogP contribution in [0.2, 0.25) is 0 Å². The molecule has 5 aliphatic rings. The number of rotatable bonds is 3. The van der Waals surface area contributed by atoms with Crippen LogP contribution in [-0.2, 0) is 32.5 Å². The highest BCUT2D eigenvalue weighted by Gasteiger charge is 2.50. The molecule has 3 nitrogen and oxygen atoms in total. The Morgan fingerprint density at radius 3 is 1.61 bits per heavy atom. The van der Waals surface area contributed by atoms with Crippen molar-refractivity contribution < 1.29 is 4.42 Å². The Kier molecular flexibility index (Phi) is 9.28. The minimum Gasteiger partial charge on any atom is -0.468 e. The van der Waals surface area contributed by atoms with Gasteiger partial charge < -0.3 is 14.2 Å². The van der Waals surface area contributed by atoms with E-state index in [9.17, 15) is 0 Å². The number of benzene rings is 6. The average molecular weight is 909 g/mol. The van der Waals surface area contributed by atoms with E-state index in [1.54, 1.807) is 0 Å². The molecule has 0 bridgehead atoms. The number of hydrogen-bond donors (Lipinski definition) is 0. The molecule has 0 saturated carbocycles. The van der Waals surface area contributed by atoms with Gasteiger partial charge in [-0.15, -0.1) is 0 Å². The third-order valence-electron chi connectivity index (χ3n) is 18.8. The first kappa shape index (κ1) is 44.7. The second kappa shape index (κ2) is 14.3. The summed E-state index contributed by atoms with van der Waals surface area (Å²) in [6.07, 6.45) is 7.00. The summed E-state index contributed by atoms with van der Waals surface area (Å²) in [5, 5.41) is 1.23. The van der Waals surface area contributed by atoms with E-state index in [0.29, 0.717) is 0 Å². The van der Waals surface area contributed by atoms with Gasteiger partial charge in [0.25, 0.3) is 6.71 Å². The third kappa shape index (κ3) is 6.44. The van der Waals surface area contributed by atoms with Crippen molar-refractivity contribution in [1.82, 2.24) is 0 Å². The third-order valence-corrected chi connectivity index (χ3v) is 18.8. The van der Waals surface area contributed by atoms with Gasteiger partial charge in [-0.1, -0.05) is 132 Å². The summed E-state index contributed by atoms with van der Waals surface area (Å²) in [5.74, 6) is 0. The van der Waals surface area contributed by atoms with E-state index in [0.717, 1.165) is 36.9 Å². The van der Waals surface area contributed by atoms with Crippen LogP contribution in [0.5, 0.6) is 0 Å². The first-order valence-electron chi connectivity index (χ1n) is 26.3. The first-order chi connectivity index (χ1) is 32.4. The summed E-state index contributed by atoms with van der Waals surface area (Å²) < 4.78 is 7.72. The van der Waals surface area contributed by atoms with Crippen molar-refractivity contribution >= 4 is 68.4 Å². The smallest absolute Gasteiger partial charge is 0.297 e. The van der Waals surface area contributed by atoms with E-state index >= 15 is 0 Å². The van der Waals surface area contributed by atoms with E-state index in [1.165, 1.54) is 124 Å². The van der Waals surface area contributed by atoms with Crippen LogP contribution in [0.1, 0.15) is 172 Å². The van der Waals surface area contributed by atoms with Crippen molar-refractivity contribution in [1.29, 1.82) is 0 Å². The van der Waals surface area contributed by atoms with Gasteiger partial charge in [0.1, 0.15) is 5.58 Å². The van der Waals surface area contributed by atoms with Crippen molar-refractivity contribution in [2.24, 2.45) is 0 Å². The lowest BCUT2D eigenvalue weighted by molar-refractivity contribution is 0.332. The summed E-state index contributed by atoms with van der Waals surface area (Å²) in [7, 11) is 0. The molecule has 0 N–H and O–H groups in total. The van der Waals surface area contributed by atoms with Crippen LogP contribution in [0.15, 0.2) is 101 Å². The molecule has 6 aromatic carbocycles. The molecule has 3 aliphatic carbocycles. The van der Waals surface area contributed by atoms with Crippen molar-refractivity contribution in [3.63, 3.8) is 0 Å². The molecule has 0 spiro atoms. The summed E-state index contributed by atoms with van der Waals surface area (Å²) in [6.45, 7) is 36.3. The summed E-state index contributed by atoms with van der Waals surface area (Å²) >= 11 is 0. The van der Waals surface area contributed by atoms with Gasteiger partial charge in [0, 0.05) is 33.8 Å². The van der Waals surface area contributed by atoms with Crippen molar-refractivity contribution in [2.75, 3.05) is 9.80 Å². The lowest BCUT2D eigenvalue weighted by Gasteiger charge is -2.47. The molecular weight excluding hydrogens is 836 g/mol. The molecule has 0 fully saturated rings. The van der Waals surface area contributed by atoms with E-state index in [4.69, 9.17) is 4.42 Å². The average Bonchev–Trinajstić information content (AvgIpc) is 3.66. The Labute approximate surface area is 413 Å². The first-order valence-corrected chi connectivity index (χ1v) is 26.3. The lowest BCUT2D eigenvalue weighted by atomic mass is 9.35. The Bertz CT molecular complexity index is 3350. The highest BCUT2D eigenvalue weighted by Crippen LogP contribution is 2.55. The molecular formula is C65H73BN2O. The fourth-order valence-electron chi connectivity index (χ4n) is 13.9. The maximum atomic E-state index is 7.72. The molecule has 2 aliphatic heterocycles. The lowest BCUT2D eigenvalue weighted by Crippen LogP contribution is -2.61. The summed E-state index contributed by atoms with van der Waals surface area (Å²) in [5.41, 5.74) is 27.7. The molecule has 7 aromatic rings. The van der Waals surface area contributed by atoms with Crippen LogP contribution in [0.4, 0.5) is 34.1 Å². The number of aryl methyl sites for hydroxylation is 3. The molecule has 69 heavy (non-hydrogen) atoms. The molecule has 0 unspecified atom stereocenters. The molecule has 3 heterocycles. The van der Waals surface area contributed by atoms with Gasteiger partial charge in [-0.05, 0) is 212 Å². The van der Waals surface area contributed by atoms with Gasteiger partial charge >= 0.3 is 0 Å². The number of hydrogen-bond acceptors (Lipinski definition) is 3. The molecule has 0 saturated heterocycles. The normalized spacial score (nSPS) is 20.4. The molecule has 0 amide bonds. The molecule has 1 aromatic heterocycles. The predicted molar refractivity (Wildman–Crippen MR) is 296 cm³/mol. The molecule has 12 rings (SSSR count). The van der Waals surface area contributed by atoms with Gasteiger partial charge in [0.05, 0.1) is 11.3 Å². The minimum atomic E-state index is -0.113. The van der Waals surface area contributed by atoms with Crippen LogP contribution in [0, 0.1) is 20.8 Å². The second-order valence-corrected chi connectivity index (χ2v) is 26.3. The fourth-order valence-corrected chi connectivity index (χ4v) is 13.9. The summed E-state index contributed by atoms with van der Waals surface area (Å²) in [4.78, 5) is 5.32. The topological polar surface area (TPSA) is 19.6 Å². The SMILES string of the molecule is Cc1cc2c3c(c1)N(c1ccc4c(c1)C(C)(C)CCC4(C)C)c1c(oc4cc5c(cc14)C(C)(C)CCC5(C)C)B3c1cc3c(cc1N2c1cc(-c2ccccc2C)ccc1C)C(C)(C)CCC3(C)C. The van der Waals surface area contributed by atoms with Crippen LogP contribution < -0.4 is 26.4 Å². The Balaban J connectivity index is 1.22. The van der Waals surface area contributed by atoms with E-state index in [2.05, 4.69) is 211 Å². The van der Waals surface area contributed by atoms with Gasteiger partial charge in [-0.3, -0.25) is 0 Å². The van der Waals surface area contributed by atoms with Gasteiger partial charge in [-0.25, -0.2) is 0 Å². The maximum Gasteiger partial charge on any atom is 0.297 e. The Hall–Kier alpha value is -5.48. The monoisotopic (exact) mass is 909 g/mol. The van der Waals surface area contributed by atoms with Crippen LogP contribution in [-0.4, -0.2) is 6.71 Å². The number of anilines is 6. The maximum absolute atomic E-state index is 7.72. The van der Waals surface area contributed by atoms with Crippen molar-refractivity contribution in [3.05, 3.63) is 147 Å². The number of nitrogens with zero attached hydrogens (tertiary/aromatic N) is 2. The second-order valence-electron chi connectivity index (χ2n) is 26.3. The quantitative estimate of drug-likeness (QED) is 0.165. The number of furan rings is 1. The highest BCUT2D eigenvalue weighted by atomic mass is 16.3. The molecule has 0 atom stereocenters. The van der Waals surface area contributed by atoms with Crippen LogP contribution in [0.25, 0.3) is 22.1 Å². The standard InChI is InChI=1S/C65H73BN2O/c1-38-30-54-57-55(31-38)68(52-32-41(21-20-40(52)3)43-19-17-16-18-39(43)2)53-36-49-48(63(10,11)27-28-64(49,12)13)35-51(53)66(57)59-58(44-34-47-50(37-56(44)69-59)65(14,15)29-26-62(47,8)9)67(54)42-22-23-45-46(33-42)61(6,7)25-24-60(45,4)5/h16-23,30-37H,24-29H2,1-15H3. The van der Waals surface area contributed by atoms with Crippen LogP contribution >= 0.6 is 0 Å². The highest BCUT2D eigenvalue weighted by molar-refractivity contribution is 7.00. The van der Waals surface area contributed by atoms with Gasteiger partial charge in [0.2, 0.25) is 0 Å². The Morgan fingerprint density at radius 1 is 0.449 bits per heavy atom. The minimum absolute atomic E-state index is 0.0269. The zero-order valence-corrected chi connectivity index (χ0v) is 44.4. The Morgan fingerprint density at radius 2 is 0.986 bits per heavy atom. The van der Waals surface area contributed by atoms with Crippen LogP contribution in [0.3, 0.4) is 0 Å². The van der Waals surface area contributed by atoms with E-state index in [1.807, 2.05) is 0 Å². The molecule has 0 radical (unpaired) electrons. The predicted octanol–water partition coefficient (Wildman–Crippen LogP) is 16.2. The summed E-state index contributed by atoms with van der Waals surface area (Å²) in [6, 6.07) is 38.8. The zero-order valence-electron chi connectivity index (χ0n) is 44.4. The van der Waals surface area contributed by atoms with E-state index in [-0.39, 0.29) is 39.2 Å². The molecule has 4 heteroatoms. The number of fused-ring (bicyclic) bond motifs is 9.